The second kappa shape index (κ2) is 7.42. The number of nitrogens with one attached hydrogen (secondary N) is 1. The van der Waals surface area contributed by atoms with Gasteiger partial charge in [-0.05, 0) is 25.3 Å². The average molecular weight is 416 g/mol. The minimum absolute atomic E-state index is 0.210. The third kappa shape index (κ3) is 3.25. The number of hydrogen-bond acceptors (Lipinski definition) is 8. The lowest BCUT2D eigenvalue weighted by molar-refractivity contribution is 0.546. The molecule has 1 atom stereocenters. The van der Waals surface area contributed by atoms with Gasteiger partial charge >= 0.3 is 0 Å². The zero-order valence-electron chi connectivity index (χ0n) is 17.3. The van der Waals surface area contributed by atoms with Crippen LogP contribution >= 0.6 is 0 Å². The second-order valence-corrected chi connectivity index (χ2v) is 8.51. The Hall–Kier alpha value is -3.33. The number of nitrogens with two attached hydrogens (primary N) is 1. The van der Waals surface area contributed by atoms with Crippen molar-refractivity contribution in [3.05, 3.63) is 37.1 Å². The summed E-state index contributed by atoms with van der Waals surface area (Å²) in [5, 5.41) is 5.42. The van der Waals surface area contributed by atoms with E-state index in [-0.39, 0.29) is 6.04 Å². The summed E-state index contributed by atoms with van der Waals surface area (Å²) >= 11 is 0. The molecule has 1 aliphatic carbocycles. The maximum atomic E-state index is 6.00. The Labute approximate surface area is 179 Å². The van der Waals surface area contributed by atoms with Gasteiger partial charge in [-0.25, -0.2) is 15.0 Å². The van der Waals surface area contributed by atoms with Crippen LogP contribution in [0.1, 0.15) is 38.1 Å². The summed E-state index contributed by atoms with van der Waals surface area (Å²) in [5.74, 6) is 1.99. The Morgan fingerprint density at radius 1 is 0.968 bits per heavy atom. The number of aromatic nitrogens is 6. The molecule has 4 aromatic rings. The first-order valence-corrected chi connectivity index (χ1v) is 11.0. The van der Waals surface area contributed by atoms with Gasteiger partial charge in [0.05, 0.1) is 24.1 Å². The summed E-state index contributed by atoms with van der Waals surface area (Å²) in [6.45, 7) is 1.74. The van der Waals surface area contributed by atoms with Gasteiger partial charge in [0.1, 0.15) is 11.5 Å². The van der Waals surface area contributed by atoms with Gasteiger partial charge in [0.15, 0.2) is 5.82 Å². The third-order valence-corrected chi connectivity index (χ3v) is 6.46. The summed E-state index contributed by atoms with van der Waals surface area (Å²) in [6.07, 6.45) is 15.0. The number of rotatable bonds is 4. The number of anilines is 3. The summed E-state index contributed by atoms with van der Waals surface area (Å²) in [6, 6.07) is 2.72. The maximum absolute atomic E-state index is 6.00. The van der Waals surface area contributed by atoms with E-state index in [1.807, 2.05) is 24.7 Å². The summed E-state index contributed by atoms with van der Waals surface area (Å²) in [5.41, 5.74) is 8.08. The molecular formula is C22H25N9. The normalized spacial score (nSPS) is 19.6. The van der Waals surface area contributed by atoms with Crippen LogP contribution in [0.2, 0.25) is 0 Å². The predicted molar refractivity (Wildman–Crippen MR) is 120 cm³/mol. The molecule has 0 spiro atoms. The average Bonchev–Trinajstić information content (AvgIpc) is 3.53. The fourth-order valence-electron chi connectivity index (χ4n) is 4.92. The van der Waals surface area contributed by atoms with E-state index in [1.165, 1.54) is 25.7 Å². The Bertz CT molecular complexity index is 1230. The Kier molecular flexibility index (Phi) is 4.41. The molecule has 2 aliphatic rings. The molecule has 4 aromatic heterocycles. The van der Waals surface area contributed by atoms with Crippen LogP contribution in [-0.2, 0) is 0 Å². The fourth-order valence-corrected chi connectivity index (χ4v) is 4.92. The molecule has 2 fully saturated rings. The molecule has 158 valence electrons. The highest BCUT2D eigenvalue weighted by atomic mass is 15.2. The summed E-state index contributed by atoms with van der Waals surface area (Å²) < 4.78 is 2.35. The van der Waals surface area contributed by atoms with Crippen LogP contribution in [0, 0.1) is 0 Å². The van der Waals surface area contributed by atoms with Gasteiger partial charge in [-0.15, -0.1) is 0 Å². The second-order valence-electron chi connectivity index (χ2n) is 8.51. The first-order chi connectivity index (χ1) is 15.3. The van der Waals surface area contributed by atoms with Crippen LogP contribution in [-0.4, -0.2) is 48.6 Å². The molecule has 6 rings (SSSR count). The lowest BCUT2D eigenvalue weighted by Crippen LogP contribution is -2.26. The predicted octanol–water partition coefficient (Wildman–Crippen LogP) is 3.17. The van der Waals surface area contributed by atoms with E-state index in [0.717, 1.165) is 47.3 Å². The molecule has 1 saturated heterocycles. The number of pyridine rings is 1. The standard InChI is InChI=1S/C22H25N9/c23-14-6-8-30(13-14)20-12-25-19(11-26-20)28-22-27-9-17-16-5-7-24-10-18(16)31(21(17)29-22)15-3-1-2-4-15/h5,7,9-12,14-15H,1-4,6,8,13,23H2,(H,25,27,28,29)/t14-/m0/s1. The van der Waals surface area contributed by atoms with Gasteiger partial charge in [0.2, 0.25) is 5.95 Å². The van der Waals surface area contributed by atoms with Crippen molar-refractivity contribution in [2.24, 2.45) is 5.73 Å². The maximum Gasteiger partial charge on any atom is 0.230 e. The van der Waals surface area contributed by atoms with Crippen LogP contribution in [0.15, 0.2) is 37.1 Å². The van der Waals surface area contributed by atoms with Crippen LogP contribution < -0.4 is 16.0 Å². The SMILES string of the molecule is N[C@H]1CCN(c2cnc(Nc3ncc4c5ccncc5n(C5CCCC5)c4n3)cn2)C1. The molecule has 0 unspecified atom stereocenters. The molecule has 1 saturated carbocycles. The number of hydrogen-bond donors (Lipinski definition) is 2. The largest absolute Gasteiger partial charge is 0.354 e. The van der Waals surface area contributed by atoms with E-state index < -0.39 is 0 Å². The molecule has 5 heterocycles. The van der Waals surface area contributed by atoms with Crippen molar-refractivity contribution in [1.29, 1.82) is 0 Å². The van der Waals surface area contributed by atoms with Crippen LogP contribution in [0.5, 0.6) is 0 Å². The van der Waals surface area contributed by atoms with Crippen molar-refractivity contribution in [3.8, 4) is 0 Å². The van der Waals surface area contributed by atoms with Crippen molar-refractivity contribution in [2.75, 3.05) is 23.3 Å². The number of nitrogens with zero attached hydrogens (tertiary/aromatic N) is 7. The summed E-state index contributed by atoms with van der Waals surface area (Å²) in [7, 11) is 0. The fraction of sp³-hybridized carbons (Fsp3) is 0.409. The van der Waals surface area contributed by atoms with E-state index in [9.17, 15) is 0 Å². The Morgan fingerprint density at radius 3 is 2.65 bits per heavy atom. The molecule has 0 aromatic carbocycles. The van der Waals surface area contributed by atoms with Crippen LogP contribution in [0.3, 0.4) is 0 Å². The van der Waals surface area contributed by atoms with Crippen LogP contribution in [0.25, 0.3) is 21.9 Å². The van der Waals surface area contributed by atoms with E-state index >= 15 is 0 Å². The zero-order valence-corrected chi connectivity index (χ0v) is 17.3. The quantitative estimate of drug-likeness (QED) is 0.523. The Morgan fingerprint density at radius 2 is 1.87 bits per heavy atom. The van der Waals surface area contributed by atoms with E-state index in [2.05, 4.69) is 34.7 Å². The van der Waals surface area contributed by atoms with Crippen molar-refractivity contribution in [1.82, 2.24) is 29.5 Å². The Balaban J connectivity index is 1.33. The van der Waals surface area contributed by atoms with Gasteiger partial charge in [-0.3, -0.25) is 4.98 Å². The van der Waals surface area contributed by atoms with Gasteiger partial charge in [-0.1, -0.05) is 12.8 Å². The topological polar surface area (TPSA) is 111 Å². The van der Waals surface area contributed by atoms with Crippen molar-refractivity contribution in [2.45, 2.75) is 44.2 Å². The lowest BCUT2D eigenvalue weighted by atomic mass is 10.2. The van der Waals surface area contributed by atoms with Crippen molar-refractivity contribution < 1.29 is 0 Å². The van der Waals surface area contributed by atoms with E-state index in [0.29, 0.717) is 17.8 Å². The zero-order chi connectivity index (χ0) is 20.8. The van der Waals surface area contributed by atoms with Crippen molar-refractivity contribution >= 4 is 39.5 Å². The van der Waals surface area contributed by atoms with Gasteiger partial charge in [0.25, 0.3) is 0 Å². The molecule has 1 aliphatic heterocycles. The monoisotopic (exact) mass is 415 g/mol. The molecule has 0 amide bonds. The van der Waals surface area contributed by atoms with Crippen molar-refractivity contribution in [3.63, 3.8) is 0 Å². The van der Waals surface area contributed by atoms with E-state index in [1.54, 1.807) is 12.4 Å². The first-order valence-electron chi connectivity index (χ1n) is 11.0. The highest BCUT2D eigenvalue weighted by molar-refractivity contribution is 6.06. The molecule has 31 heavy (non-hydrogen) atoms. The molecular weight excluding hydrogens is 390 g/mol. The van der Waals surface area contributed by atoms with Gasteiger partial charge < -0.3 is 20.5 Å². The van der Waals surface area contributed by atoms with E-state index in [4.69, 9.17) is 10.7 Å². The highest BCUT2D eigenvalue weighted by Gasteiger charge is 2.23. The minimum Gasteiger partial charge on any atom is -0.354 e. The molecule has 0 bridgehead atoms. The highest BCUT2D eigenvalue weighted by Crippen LogP contribution is 2.37. The minimum atomic E-state index is 0.210. The third-order valence-electron chi connectivity index (χ3n) is 6.46. The van der Waals surface area contributed by atoms with Crippen LogP contribution in [0.4, 0.5) is 17.6 Å². The van der Waals surface area contributed by atoms with Gasteiger partial charge in [-0.2, -0.15) is 4.98 Å². The smallest absolute Gasteiger partial charge is 0.230 e. The summed E-state index contributed by atoms with van der Waals surface area (Å²) in [4.78, 5) is 25.0. The first kappa shape index (κ1) is 18.4. The molecule has 3 N–H and O–H groups in total. The molecule has 0 radical (unpaired) electrons. The van der Waals surface area contributed by atoms with Gasteiger partial charge in [0, 0.05) is 48.3 Å². The lowest BCUT2D eigenvalue weighted by Gasteiger charge is -2.16. The molecule has 9 heteroatoms. The number of fused-ring (bicyclic) bond motifs is 3. The molecule has 9 nitrogen and oxygen atoms in total.